The molecule has 0 spiro atoms. The van der Waals surface area contributed by atoms with Crippen LogP contribution >= 0.6 is 11.8 Å². The topological polar surface area (TPSA) is 117 Å². The zero-order chi connectivity index (χ0) is 16.4. The van der Waals surface area contributed by atoms with Gasteiger partial charge in [0, 0.05) is 12.5 Å². The van der Waals surface area contributed by atoms with E-state index in [1.54, 1.807) is 11.0 Å². The highest BCUT2D eigenvalue weighted by Crippen LogP contribution is 2.32. The Morgan fingerprint density at radius 1 is 1.48 bits per heavy atom. The molecule has 2 amide bonds. The van der Waals surface area contributed by atoms with Crippen molar-refractivity contribution in [1.82, 2.24) is 15.2 Å². The van der Waals surface area contributed by atoms with Crippen LogP contribution in [-0.4, -0.2) is 38.8 Å². The summed E-state index contributed by atoms with van der Waals surface area (Å²) in [7, 11) is 0. The second kappa shape index (κ2) is 6.29. The van der Waals surface area contributed by atoms with Gasteiger partial charge in [0.25, 0.3) is 0 Å². The minimum absolute atomic E-state index is 0.102. The number of fused-ring (bicyclic) bond motifs is 1. The second-order valence-electron chi connectivity index (χ2n) is 5.17. The zero-order valence-corrected chi connectivity index (χ0v) is 13.3. The quantitative estimate of drug-likeness (QED) is 0.728. The molecular formula is C14H16N6O2S. The molecule has 8 nitrogen and oxygen atoms in total. The molecule has 4 N–H and O–H groups in total. The van der Waals surface area contributed by atoms with Crippen LogP contribution in [0.3, 0.4) is 0 Å². The van der Waals surface area contributed by atoms with Gasteiger partial charge >= 0.3 is 0 Å². The van der Waals surface area contributed by atoms with Gasteiger partial charge in [0.05, 0.1) is 17.1 Å². The molecule has 2 aromatic rings. The van der Waals surface area contributed by atoms with Crippen molar-refractivity contribution in [1.29, 1.82) is 0 Å². The van der Waals surface area contributed by atoms with Gasteiger partial charge in [0.2, 0.25) is 22.9 Å². The first-order valence-electron chi connectivity index (χ1n) is 7.06. The molecular weight excluding hydrogens is 316 g/mol. The monoisotopic (exact) mass is 332 g/mol. The summed E-state index contributed by atoms with van der Waals surface area (Å²) in [6.07, 6.45) is 0.249. The first-order valence-corrected chi connectivity index (χ1v) is 8.05. The lowest BCUT2D eigenvalue weighted by molar-refractivity contribution is -0.117. The van der Waals surface area contributed by atoms with Crippen LogP contribution in [0.2, 0.25) is 0 Å². The van der Waals surface area contributed by atoms with Crippen LogP contribution in [0.1, 0.15) is 13.3 Å². The lowest BCUT2D eigenvalue weighted by Gasteiger charge is -2.27. The van der Waals surface area contributed by atoms with Gasteiger partial charge in [0.15, 0.2) is 0 Å². The molecule has 0 saturated carbocycles. The van der Waals surface area contributed by atoms with Crippen molar-refractivity contribution < 1.29 is 9.59 Å². The summed E-state index contributed by atoms with van der Waals surface area (Å²) in [6.45, 7) is 1.86. The number of para-hydroxylation sites is 2. The van der Waals surface area contributed by atoms with Crippen molar-refractivity contribution in [3.8, 4) is 0 Å². The number of benzene rings is 1. The molecule has 9 heteroatoms. The van der Waals surface area contributed by atoms with Gasteiger partial charge in [-0.15, -0.1) is 5.10 Å². The minimum Gasteiger partial charge on any atom is -0.368 e. The number of aromatic amines is 1. The van der Waals surface area contributed by atoms with E-state index >= 15 is 0 Å². The standard InChI is InChI=1S/C14H16N6O2S/c1-8-6-11(21)16-9-4-2-3-5-10(9)20(8)12(22)7-23-14-17-13(15)18-19-14/h2-5,8H,6-7H2,1H3,(H,16,21)(H3,15,17,18,19)/t8-/m1/s1. The van der Waals surface area contributed by atoms with E-state index in [4.69, 9.17) is 5.73 Å². The molecule has 0 unspecified atom stereocenters. The summed E-state index contributed by atoms with van der Waals surface area (Å²) in [5, 5.41) is 9.67. The maximum atomic E-state index is 12.7. The van der Waals surface area contributed by atoms with E-state index in [2.05, 4.69) is 20.5 Å². The molecule has 1 aromatic heterocycles. The fourth-order valence-electron chi connectivity index (χ4n) is 2.49. The molecule has 1 atom stereocenters. The molecule has 120 valence electrons. The maximum absolute atomic E-state index is 12.7. The summed E-state index contributed by atoms with van der Waals surface area (Å²) in [5.41, 5.74) is 6.81. The Hall–Kier alpha value is -2.55. The smallest absolute Gasteiger partial charge is 0.237 e. The third kappa shape index (κ3) is 3.29. The van der Waals surface area contributed by atoms with Gasteiger partial charge in [-0.25, -0.2) is 5.10 Å². The average molecular weight is 332 g/mol. The number of thioether (sulfide) groups is 1. The summed E-state index contributed by atoms with van der Waals surface area (Å²) in [6, 6.07) is 7.04. The molecule has 0 fully saturated rings. The molecule has 1 aliphatic heterocycles. The van der Waals surface area contributed by atoms with Crippen LogP contribution in [-0.2, 0) is 9.59 Å². The Kier molecular flexibility index (Phi) is 4.20. The van der Waals surface area contributed by atoms with E-state index < -0.39 is 0 Å². The third-order valence-electron chi connectivity index (χ3n) is 3.43. The molecule has 0 saturated heterocycles. The number of amides is 2. The van der Waals surface area contributed by atoms with Crippen molar-refractivity contribution in [3.63, 3.8) is 0 Å². The Morgan fingerprint density at radius 2 is 2.26 bits per heavy atom. The number of nitrogens with two attached hydrogens (primary N) is 1. The van der Waals surface area contributed by atoms with Crippen LogP contribution in [0.5, 0.6) is 0 Å². The highest BCUT2D eigenvalue weighted by molar-refractivity contribution is 7.99. The molecule has 0 aliphatic carbocycles. The lowest BCUT2D eigenvalue weighted by atomic mass is 10.2. The number of hydrogen-bond donors (Lipinski definition) is 3. The van der Waals surface area contributed by atoms with Gasteiger partial charge < -0.3 is 16.0 Å². The number of H-pyrrole nitrogens is 1. The van der Waals surface area contributed by atoms with Gasteiger partial charge in [-0.3, -0.25) is 9.59 Å². The number of hydrogen-bond acceptors (Lipinski definition) is 6. The summed E-state index contributed by atoms with van der Waals surface area (Å²) >= 11 is 1.20. The molecule has 1 aromatic carbocycles. The molecule has 3 rings (SSSR count). The number of carbonyl (C=O) groups excluding carboxylic acids is 2. The van der Waals surface area contributed by atoms with E-state index in [9.17, 15) is 9.59 Å². The third-order valence-corrected chi connectivity index (χ3v) is 4.27. The normalized spacial score (nSPS) is 17.3. The van der Waals surface area contributed by atoms with Gasteiger partial charge in [0.1, 0.15) is 0 Å². The Bertz CT molecular complexity index is 746. The minimum atomic E-state index is -0.232. The molecule has 23 heavy (non-hydrogen) atoms. The SMILES string of the molecule is C[C@@H]1CC(=O)Nc2ccccc2N1C(=O)CSc1n[nH]c(N)n1. The summed E-state index contributed by atoms with van der Waals surface area (Å²) in [5.74, 6) is 0.150. The summed E-state index contributed by atoms with van der Waals surface area (Å²) in [4.78, 5) is 30.2. The Labute approximate surface area is 136 Å². The number of carbonyl (C=O) groups is 2. The highest BCUT2D eigenvalue weighted by Gasteiger charge is 2.29. The van der Waals surface area contributed by atoms with Crippen LogP contribution < -0.4 is 16.0 Å². The first kappa shape index (κ1) is 15.3. The number of nitrogens with one attached hydrogen (secondary N) is 2. The Balaban J connectivity index is 1.81. The molecule has 0 radical (unpaired) electrons. The number of anilines is 3. The molecule has 2 heterocycles. The van der Waals surface area contributed by atoms with Gasteiger partial charge in [-0.2, -0.15) is 4.98 Å². The van der Waals surface area contributed by atoms with Gasteiger partial charge in [-0.05, 0) is 19.1 Å². The largest absolute Gasteiger partial charge is 0.368 e. The maximum Gasteiger partial charge on any atom is 0.237 e. The van der Waals surface area contributed by atoms with Crippen molar-refractivity contribution in [2.24, 2.45) is 0 Å². The number of aromatic nitrogens is 3. The highest BCUT2D eigenvalue weighted by atomic mass is 32.2. The number of rotatable bonds is 3. The first-order chi connectivity index (χ1) is 11.0. The van der Waals surface area contributed by atoms with Crippen LogP contribution in [0.25, 0.3) is 0 Å². The average Bonchev–Trinajstić information content (AvgIpc) is 2.86. The van der Waals surface area contributed by atoms with Crippen molar-refractivity contribution in [2.45, 2.75) is 24.5 Å². The zero-order valence-electron chi connectivity index (χ0n) is 12.4. The van der Waals surface area contributed by atoms with Crippen LogP contribution in [0.4, 0.5) is 17.3 Å². The second-order valence-corrected chi connectivity index (χ2v) is 6.12. The molecule has 1 aliphatic rings. The van der Waals surface area contributed by atoms with Gasteiger partial charge in [-0.1, -0.05) is 23.9 Å². The number of nitrogens with zero attached hydrogens (tertiary/aromatic N) is 3. The van der Waals surface area contributed by atoms with E-state index in [1.807, 2.05) is 25.1 Å². The van der Waals surface area contributed by atoms with Crippen LogP contribution in [0, 0.1) is 0 Å². The Morgan fingerprint density at radius 3 is 3.00 bits per heavy atom. The van der Waals surface area contributed by atoms with E-state index in [0.717, 1.165) is 0 Å². The summed E-state index contributed by atoms with van der Waals surface area (Å²) < 4.78 is 0. The number of nitrogen functional groups attached to an aromatic ring is 1. The lowest BCUT2D eigenvalue weighted by Crippen LogP contribution is -2.40. The fourth-order valence-corrected chi connectivity index (χ4v) is 3.15. The van der Waals surface area contributed by atoms with Crippen molar-refractivity contribution in [3.05, 3.63) is 24.3 Å². The van der Waals surface area contributed by atoms with E-state index in [0.29, 0.717) is 16.5 Å². The van der Waals surface area contributed by atoms with Crippen LogP contribution in [0.15, 0.2) is 29.4 Å². The van der Waals surface area contributed by atoms with E-state index in [1.165, 1.54) is 11.8 Å². The molecule has 0 bridgehead atoms. The fraction of sp³-hybridized carbons (Fsp3) is 0.286. The van der Waals surface area contributed by atoms with Crippen molar-refractivity contribution >= 4 is 40.9 Å². The van der Waals surface area contributed by atoms with Crippen molar-refractivity contribution in [2.75, 3.05) is 21.7 Å². The predicted octanol–water partition coefficient (Wildman–Crippen LogP) is 1.24. The predicted molar refractivity (Wildman–Crippen MR) is 88.2 cm³/mol. The van der Waals surface area contributed by atoms with E-state index in [-0.39, 0.29) is 36.0 Å².